The van der Waals surface area contributed by atoms with Gasteiger partial charge in [-0.3, -0.25) is 4.79 Å². The molecule has 0 saturated carbocycles. The van der Waals surface area contributed by atoms with Crippen molar-refractivity contribution < 1.29 is 17.4 Å². The van der Waals surface area contributed by atoms with Crippen molar-refractivity contribution in [1.29, 1.82) is 0 Å². The third-order valence-electron chi connectivity index (χ3n) is 2.66. The summed E-state index contributed by atoms with van der Waals surface area (Å²) in [6, 6.07) is 4.90. The first-order chi connectivity index (χ1) is 9.78. The van der Waals surface area contributed by atoms with E-state index in [-0.39, 0.29) is 17.2 Å². The Kier molecular flexibility index (Phi) is 8.02. The number of aryl methyl sites for hydroxylation is 1. The molecule has 0 aliphatic rings. The minimum Gasteiger partial charge on any atom is -0.382 e. The Bertz CT molecular complexity index is 563. The normalized spacial score (nSPS) is 10.4. The molecule has 0 aliphatic heterocycles. The van der Waals surface area contributed by atoms with E-state index >= 15 is 0 Å². The van der Waals surface area contributed by atoms with Crippen molar-refractivity contribution in [1.82, 2.24) is 4.90 Å². The molecule has 0 N–H and O–H groups in total. The highest BCUT2D eigenvalue weighted by atomic mass is 32.2. The molecule has 1 aromatic carbocycles. The molecule has 0 aliphatic carbocycles. The van der Waals surface area contributed by atoms with E-state index in [1.54, 1.807) is 30.0 Å². The number of amides is 1. The first-order valence-electron chi connectivity index (χ1n) is 7.07. The maximum absolute atomic E-state index is 12.3. The van der Waals surface area contributed by atoms with Crippen LogP contribution in [0.4, 0.5) is 0 Å². The van der Waals surface area contributed by atoms with Gasteiger partial charge in [0.1, 0.15) is 0 Å². The predicted octanol–water partition coefficient (Wildman–Crippen LogP) is 2.84. The van der Waals surface area contributed by atoms with Crippen LogP contribution in [0.5, 0.6) is 5.75 Å². The number of carbonyl (C=O) groups excluding carboxylic acids is 1. The molecule has 0 bridgehead atoms. The molecular weight excluding hydrogens is 290 g/mol. The van der Waals surface area contributed by atoms with E-state index in [9.17, 15) is 13.2 Å². The lowest BCUT2D eigenvalue weighted by Crippen LogP contribution is -2.31. The molecule has 1 aromatic rings. The fourth-order valence-corrected chi connectivity index (χ4v) is 2.18. The van der Waals surface area contributed by atoms with Crippen LogP contribution >= 0.6 is 0 Å². The van der Waals surface area contributed by atoms with Crippen molar-refractivity contribution in [3.63, 3.8) is 0 Å². The molecule has 0 radical (unpaired) electrons. The highest BCUT2D eigenvalue weighted by molar-refractivity contribution is 7.86. The maximum atomic E-state index is 12.3. The Balaban J connectivity index is 0.00000191. The molecule has 0 aromatic heterocycles. The van der Waals surface area contributed by atoms with E-state index in [1.807, 2.05) is 27.7 Å². The number of carbonyl (C=O) groups is 1. The number of hydrogen-bond donors (Lipinski definition) is 0. The summed E-state index contributed by atoms with van der Waals surface area (Å²) in [6.07, 6.45) is 0.959. The summed E-state index contributed by atoms with van der Waals surface area (Å²) >= 11 is 0. The number of rotatable bonds is 5. The van der Waals surface area contributed by atoms with E-state index < -0.39 is 10.1 Å². The van der Waals surface area contributed by atoms with Crippen molar-refractivity contribution in [2.75, 3.05) is 19.3 Å². The molecular formula is C15H25NO4S. The summed E-state index contributed by atoms with van der Waals surface area (Å²) in [5.41, 5.74) is 1.09. The molecule has 0 spiro atoms. The summed E-state index contributed by atoms with van der Waals surface area (Å²) in [5, 5.41) is 0. The molecule has 6 heteroatoms. The quantitative estimate of drug-likeness (QED) is 0.784. The first kappa shape index (κ1) is 19.4. The van der Waals surface area contributed by atoms with Crippen LogP contribution in [0.1, 0.15) is 43.6 Å². The van der Waals surface area contributed by atoms with Crippen LogP contribution in [0, 0.1) is 6.92 Å². The van der Waals surface area contributed by atoms with Gasteiger partial charge in [0.2, 0.25) is 0 Å². The molecule has 0 fully saturated rings. The molecule has 5 nitrogen and oxygen atoms in total. The van der Waals surface area contributed by atoms with E-state index in [0.717, 1.165) is 11.8 Å². The van der Waals surface area contributed by atoms with Crippen molar-refractivity contribution >= 4 is 16.0 Å². The Morgan fingerprint density at radius 2 is 1.71 bits per heavy atom. The van der Waals surface area contributed by atoms with Gasteiger partial charge in [0.25, 0.3) is 5.91 Å². The minimum absolute atomic E-state index is 0.0828. The average Bonchev–Trinajstić information content (AvgIpc) is 2.40. The van der Waals surface area contributed by atoms with E-state index in [1.165, 1.54) is 0 Å². The zero-order valence-corrected chi connectivity index (χ0v) is 14.5. The van der Waals surface area contributed by atoms with E-state index in [4.69, 9.17) is 4.18 Å². The van der Waals surface area contributed by atoms with E-state index in [2.05, 4.69) is 0 Å². The summed E-state index contributed by atoms with van der Waals surface area (Å²) in [7, 11) is -3.66. The van der Waals surface area contributed by atoms with Crippen LogP contribution in [0.15, 0.2) is 18.2 Å². The zero-order valence-electron chi connectivity index (χ0n) is 13.6. The van der Waals surface area contributed by atoms with Crippen LogP contribution in [-0.4, -0.2) is 38.6 Å². The summed E-state index contributed by atoms with van der Waals surface area (Å²) in [6.45, 7) is 10.7. The molecule has 1 rings (SSSR count). The highest BCUT2D eigenvalue weighted by Gasteiger charge is 2.19. The topological polar surface area (TPSA) is 63.7 Å². The summed E-state index contributed by atoms with van der Waals surface area (Å²) in [4.78, 5) is 13.9. The third kappa shape index (κ3) is 6.16. The average molecular weight is 315 g/mol. The highest BCUT2D eigenvalue weighted by Crippen LogP contribution is 2.23. The zero-order chi connectivity index (χ0) is 16.6. The van der Waals surface area contributed by atoms with Gasteiger partial charge in [0, 0.05) is 13.1 Å². The number of nitrogens with zero attached hydrogens (tertiary/aromatic N) is 1. The van der Waals surface area contributed by atoms with Crippen molar-refractivity contribution in [2.45, 2.75) is 34.6 Å². The Morgan fingerprint density at radius 3 is 2.14 bits per heavy atom. The van der Waals surface area contributed by atoms with Crippen molar-refractivity contribution in [2.24, 2.45) is 0 Å². The van der Waals surface area contributed by atoms with Gasteiger partial charge in [0.05, 0.1) is 11.8 Å². The van der Waals surface area contributed by atoms with E-state index in [0.29, 0.717) is 13.1 Å². The minimum atomic E-state index is -3.66. The predicted molar refractivity (Wildman–Crippen MR) is 85.3 cm³/mol. The standard InChI is InChI=1S/C13H19NO4S.C2H6/c1-5-14(6-2)13(15)11-8-7-10(3)9-12(11)18-19(4,16)17;1-2/h7-9H,5-6H2,1-4H3;1-2H3. The monoisotopic (exact) mass is 315 g/mol. The van der Waals surface area contributed by atoms with Gasteiger partial charge >= 0.3 is 10.1 Å². The lowest BCUT2D eigenvalue weighted by Gasteiger charge is -2.20. The Hall–Kier alpha value is -1.56. The second-order valence-corrected chi connectivity index (χ2v) is 5.84. The molecule has 0 atom stereocenters. The van der Waals surface area contributed by atoms with Crippen LogP contribution in [0.3, 0.4) is 0 Å². The molecule has 0 saturated heterocycles. The smallest absolute Gasteiger partial charge is 0.306 e. The van der Waals surface area contributed by atoms with Crippen LogP contribution in [0.25, 0.3) is 0 Å². The second-order valence-electron chi connectivity index (χ2n) is 4.26. The molecule has 0 unspecified atom stereocenters. The molecule has 120 valence electrons. The summed E-state index contributed by atoms with van der Waals surface area (Å²) in [5.74, 6) is -0.150. The Labute approximate surface area is 128 Å². The maximum Gasteiger partial charge on any atom is 0.306 e. The summed E-state index contributed by atoms with van der Waals surface area (Å²) < 4.78 is 27.4. The van der Waals surface area contributed by atoms with Crippen molar-refractivity contribution in [3.05, 3.63) is 29.3 Å². The Morgan fingerprint density at radius 1 is 1.19 bits per heavy atom. The number of benzene rings is 1. The third-order valence-corrected chi connectivity index (χ3v) is 3.14. The lowest BCUT2D eigenvalue weighted by atomic mass is 10.1. The second kappa shape index (κ2) is 8.67. The van der Waals surface area contributed by atoms with Gasteiger partial charge in [-0.2, -0.15) is 8.42 Å². The van der Waals surface area contributed by atoms with Crippen LogP contribution < -0.4 is 4.18 Å². The van der Waals surface area contributed by atoms with Gasteiger partial charge in [0.15, 0.2) is 5.75 Å². The van der Waals surface area contributed by atoms with Crippen molar-refractivity contribution in [3.8, 4) is 5.75 Å². The largest absolute Gasteiger partial charge is 0.382 e. The van der Waals surface area contributed by atoms with Crippen LogP contribution in [-0.2, 0) is 10.1 Å². The van der Waals surface area contributed by atoms with Gasteiger partial charge in [-0.1, -0.05) is 19.9 Å². The fourth-order valence-electron chi connectivity index (χ4n) is 1.72. The fraction of sp³-hybridized carbons (Fsp3) is 0.533. The van der Waals surface area contributed by atoms with Gasteiger partial charge < -0.3 is 9.08 Å². The van der Waals surface area contributed by atoms with Crippen LogP contribution in [0.2, 0.25) is 0 Å². The molecule has 21 heavy (non-hydrogen) atoms. The van der Waals surface area contributed by atoms with Gasteiger partial charge in [-0.25, -0.2) is 0 Å². The van der Waals surface area contributed by atoms with Gasteiger partial charge in [-0.15, -0.1) is 0 Å². The molecule has 0 heterocycles. The van der Waals surface area contributed by atoms with Gasteiger partial charge in [-0.05, 0) is 38.5 Å². The molecule has 1 amide bonds. The SMILES string of the molecule is CC.CCN(CC)C(=O)c1ccc(C)cc1OS(C)(=O)=O. The number of hydrogen-bond acceptors (Lipinski definition) is 4. The first-order valence-corrected chi connectivity index (χ1v) is 8.89. The lowest BCUT2D eigenvalue weighted by molar-refractivity contribution is 0.0771.